The highest BCUT2D eigenvalue weighted by Crippen LogP contribution is 1.89. The second-order valence-corrected chi connectivity index (χ2v) is 2.64. The van der Waals surface area contributed by atoms with Crippen LogP contribution in [0, 0.1) is 0 Å². The molecule has 0 bridgehead atoms. The smallest absolute Gasteiger partial charge is 0.323 e. The number of amides is 3. The molecule has 0 unspecified atom stereocenters. The van der Waals surface area contributed by atoms with Crippen LogP contribution in [0.3, 0.4) is 0 Å². The molecule has 0 saturated carbocycles. The van der Waals surface area contributed by atoms with Crippen LogP contribution in [0.1, 0.15) is 12.8 Å². The first-order valence-electron chi connectivity index (χ1n) is 3.66. The third-order valence-electron chi connectivity index (χ3n) is 1.22. The van der Waals surface area contributed by atoms with Crippen molar-refractivity contribution in [2.45, 2.75) is 12.8 Å². The van der Waals surface area contributed by atoms with Gasteiger partial charge in [-0.3, -0.25) is 14.9 Å². The molecule has 0 aromatic carbocycles. The fourth-order valence-corrected chi connectivity index (χ4v) is 0.514. The minimum Gasteiger partial charge on any atom is -0.481 e. The van der Waals surface area contributed by atoms with Crippen LogP contribution in [-0.4, -0.2) is 42.0 Å². The topological polar surface area (TPSA) is 86.7 Å². The lowest BCUT2D eigenvalue weighted by Crippen LogP contribution is -2.38. The van der Waals surface area contributed by atoms with Crippen LogP contribution in [0.2, 0.25) is 0 Å². The quantitative estimate of drug-likeness (QED) is 0.633. The Morgan fingerprint density at radius 1 is 1.23 bits per heavy atom. The molecule has 0 fully saturated rings. The van der Waals surface area contributed by atoms with E-state index in [0.29, 0.717) is 0 Å². The molecule has 6 nitrogen and oxygen atoms in total. The summed E-state index contributed by atoms with van der Waals surface area (Å²) in [6, 6.07) is -0.546. The highest BCUT2D eigenvalue weighted by atomic mass is 16.4. The van der Waals surface area contributed by atoms with Crippen LogP contribution in [0.4, 0.5) is 4.79 Å². The number of aliphatic carboxylic acids is 1. The number of imide groups is 1. The minimum atomic E-state index is -1.06. The zero-order chi connectivity index (χ0) is 10.4. The summed E-state index contributed by atoms with van der Waals surface area (Å²) in [5.41, 5.74) is 0. The van der Waals surface area contributed by atoms with Crippen molar-refractivity contribution in [1.29, 1.82) is 0 Å². The number of rotatable bonds is 3. The number of nitrogens with one attached hydrogen (secondary N) is 1. The maximum absolute atomic E-state index is 10.8. The Kier molecular flexibility index (Phi) is 4.50. The first-order valence-corrected chi connectivity index (χ1v) is 3.66. The first kappa shape index (κ1) is 11.4. The van der Waals surface area contributed by atoms with Crippen molar-refractivity contribution >= 4 is 17.9 Å². The van der Waals surface area contributed by atoms with Crippen LogP contribution in [0.15, 0.2) is 0 Å². The predicted molar refractivity (Wildman–Crippen MR) is 44.1 cm³/mol. The zero-order valence-corrected chi connectivity index (χ0v) is 7.53. The van der Waals surface area contributed by atoms with E-state index in [-0.39, 0.29) is 12.8 Å². The van der Waals surface area contributed by atoms with E-state index in [1.165, 1.54) is 19.0 Å². The average Bonchev–Trinajstić information content (AvgIpc) is 2.00. The Bertz CT molecular complexity index is 225. The van der Waals surface area contributed by atoms with Gasteiger partial charge in [-0.2, -0.15) is 0 Å². The summed E-state index contributed by atoms with van der Waals surface area (Å²) in [6.45, 7) is 0. The van der Waals surface area contributed by atoms with Crippen LogP contribution in [0.25, 0.3) is 0 Å². The van der Waals surface area contributed by atoms with E-state index in [1.807, 2.05) is 5.32 Å². The Morgan fingerprint density at radius 2 is 1.77 bits per heavy atom. The van der Waals surface area contributed by atoms with Crippen molar-refractivity contribution in [2.24, 2.45) is 0 Å². The van der Waals surface area contributed by atoms with Crippen LogP contribution in [-0.2, 0) is 9.59 Å². The van der Waals surface area contributed by atoms with Gasteiger partial charge in [0.25, 0.3) is 0 Å². The maximum Gasteiger partial charge on any atom is 0.323 e. The van der Waals surface area contributed by atoms with Crippen LogP contribution >= 0.6 is 0 Å². The molecule has 0 aromatic rings. The molecule has 0 aliphatic rings. The van der Waals surface area contributed by atoms with Crippen molar-refractivity contribution in [3.8, 4) is 0 Å². The largest absolute Gasteiger partial charge is 0.481 e. The van der Waals surface area contributed by atoms with Gasteiger partial charge < -0.3 is 10.0 Å². The number of nitrogens with zero attached hydrogens (tertiary/aromatic N) is 1. The van der Waals surface area contributed by atoms with Crippen molar-refractivity contribution in [3.63, 3.8) is 0 Å². The molecule has 3 amide bonds. The lowest BCUT2D eigenvalue weighted by Gasteiger charge is -2.09. The van der Waals surface area contributed by atoms with E-state index in [0.717, 1.165) is 0 Å². The highest BCUT2D eigenvalue weighted by molar-refractivity contribution is 5.95. The summed E-state index contributed by atoms with van der Waals surface area (Å²) >= 11 is 0. The predicted octanol–water partition coefficient (Wildman–Crippen LogP) is -0.351. The van der Waals surface area contributed by atoms with Gasteiger partial charge in [0.1, 0.15) is 0 Å². The molecule has 0 aliphatic carbocycles. The van der Waals surface area contributed by atoms with Crippen molar-refractivity contribution in [2.75, 3.05) is 14.1 Å². The van der Waals surface area contributed by atoms with E-state index in [9.17, 15) is 14.4 Å². The van der Waals surface area contributed by atoms with Gasteiger partial charge in [0.2, 0.25) is 5.91 Å². The number of carbonyl (C=O) groups excluding carboxylic acids is 2. The van der Waals surface area contributed by atoms with Gasteiger partial charge >= 0.3 is 12.0 Å². The minimum absolute atomic E-state index is 0.186. The third-order valence-corrected chi connectivity index (χ3v) is 1.22. The van der Waals surface area contributed by atoms with E-state index in [1.54, 1.807) is 0 Å². The van der Waals surface area contributed by atoms with Crippen LogP contribution < -0.4 is 5.32 Å². The molecule has 0 spiro atoms. The van der Waals surface area contributed by atoms with Crippen LogP contribution in [0.5, 0.6) is 0 Å². The van der Waals surface area contributed by atoms with Gasteiger partial charge in [0, 0.05) is 20.5 Å². The van der Waals surface area contributed by atoms with E-state index in [2.05, 4.69) is 0 Å². The number of urea groups is 1. The number of hydrogen-bond acceptors (Lipinski definition) is 3. The summed E-state index contributed by atoms with van der Waals surface area (Å²) in [5.74, 6) is -1.64. The molecular weight excluding hydrogens is 176 g/mol. The monoisotopic (exact) mass is 188 g/mol. The van der Waals surface area contributed by atoms with Gasteiger partial charge in [0.05, 0.1) is 6.42 Å². The van der Waals surface area contributed by atoms with Gasteiger partial charge in [-0.05, 0) is 0 Å². The molecule has 13 heavy (non-hydrogen) atoms. The van der Waals surface area contributed by atoms with E-state index >= 15 is 0 Å². The SMILES string of the molecule is CN(C)C(=O)NC(=O)CCC(=O)O. The molecule has 2 N–H and O–H groups in total. The molecule has 0 rings (SSSR count). The molecule has 0 aromatic heterocycles. The first-order chi connectivity index (χ1) is 5.93. The molecule has 0 saturated heterocycles. The third kappa shape index (κ3) is 5.66. The Hall–Kier alpha value is -1.59. The zero-order valence-electron chi connectivity index (χ0n) is 7.53. The second-order valence-electron chi connectivity index (χ2n) is 2.64. The number of hydrogen-bond donors (Lipinski definition) is 2. The second kappa shape index (κ2) is 5.13. The Balaban J connectivity index is 3.75. The number of carboxylic acid groups (broad SMARTS) is 1. The van der Waals surface area contributed by atoms with E-state index in [4.69, 9.17) is 5.11 Å². The molecule has 0 heterocycles. The fourth-order valence-electron chi connectivity index (χ4n) is 0.514. The highest BCUT2D eigenvalue weighted by Gasteiger charge is 2.10. The summed E-state index contributed by atoms with van der Waals surface area (Å²) < 4.78 is 0. The van der Waals surface area contributed by atoms with Gasteiger partial charge in [0.15, 0.2) is 0 Å². The van der Waals surface area contributed by atoms with Gasteiger partial charge in [-0.15, -0.1) is 0 Å². The summed E-state index contributed by atoms with van der Waals surface area (Å²) in [4.78, 5) is 32.9. The number of carbonyl (C=O) groups is 3. The average molecular weight is 188 g/mol. The summed E-state index contributed by atoms with van der Waals surface area (Å²) in [6.07, 6.45) is -0.457. The standard InChI is InChI=1S/C7H12N2O4/c1-9(2)7(13)8-5(10)3-4-6(11)12/h3-4H2,1-2H3,(H,11,12)(H,8,10,13). The van der Waals surface area contributed by atoms with E-state index < -0.39 is 17.9 Å². The summed E-state index contributed by atoms with van der Waals surface area (Å²) in [7, 11) is 2.97. The maximum atomic E-state index is 10.8. The fraction of sp³-hybridized carbons (Fsp3) is 0.571. The van der Waals surface area contributed by atoms with Crippen molar-refractivity contribution < 1.29 is 19.5 Å². The molecular formula is C7H12N2O4. The van der Waals surface area contributed by atoms with Gasteiger partial charge in [-0.1, -0.05) is 0 Å². The lowest BCUT2D eigenvalue weighted by molar-refractivity contribution is -0.138. The molecule has 0 aliphatic heterocycles. The van der Waals surface area contributed by atoms with Crippen molar-refractivity contribution in [1.82, 2.24) is 10.2 Å². The lowest BCUT2D eigenvalue weighted by atomic mass is 10.3. The molecule has 74 valence electrons. The summed E-state index contributed by atoms with van der Waals surface area (Å²) in [5, 5.41) is 10.2. The normalized spacial score (nSPS) is 9.08. The number of carboxylic acids is 1. The van der Waals surface area contributed by atoms with Crippen molar-refractivity contribution in [3.05, 3.63) is 0 Å². The molecule has 6 heteroatoms. The molecule has 0 radical (unpaired) electrons. The van der Waals surface area contributed by atoms with Gasteiger partial charge in [-0.25, -0.2) is 4.79 Å². The Morgan fingerprint density at radius 3 is 2.15 bits per heavy atom. The molecule has 0 atom stereocenters. The Labute approximate surface area is 75.5 Å².